The van der Waals surface area contributed by atoms with Gasteiger partial charge in [-0.2, -0.15) is 0 Å². The van der Waals surface area contributed by atoms with Gasteiger partial charge in [-0.1, -0.05) is 18.2 Å². The van der Waals surface area contributed by atoms with Gasteiger partial charge in [-0.3, -0.25) is 24.7 Å². The molecule has 2 aromatic carbocycles. The van der Waals surface area contributed by atoms with Crippen LogP contribution >= 0.6 is 0 Å². The van der Waals surface area contributed by atoms with E-state index in [0.717, 1.165) is 11.3 Å². The van der Waals surface area contributed by atoms with Gasteiger partial charge >= 0.3 is 0 Å². The number of hydrogen-bond donors (Lipinski definition) is 2. The third kappa shape index (κ3) is 6.13. The van der Waals surface area contributed by atoms with E-state index in [2.05, 4.69) is 15.6 Å². The minimum absolute atomic E-state index is 0.0230. The first-order valence-electron chi connectivity index (χ1n) is 10.3. The number of pyridine rings is 1. The smallest absolute Gasteiger partial charge is 0.293 e. The number of amides is 2. The highest BCUT2D eigenvalue weighted by atomic mass is 16.6. The molecule has 0 fully saturated rings. The minimum Gasteiger partial charge on any atom is -0.371 e. The zero-order chi connectivity index (χ0) is 24.0. The summed E-state index contributed by atoms with van der Waals surface area (Å²) >= 11 is 0. The number of anilines is 2. The molecule has 2 N–H and O–H groups in total. The normalized spacial score (nSPS) is 11.4. The number of nitro benzene ring substituents is 1. The monoisotopic (exact) mass is 447 g/mol. The summed E-state index contributed by atoms with van der Waals surface area (Å²) in [5.74, 6) is -0.496. The van der Waals surface area contributed by atoms with Crippen LogP contribution in [0.5, 0.6) is 0 Å². The molecular formula is C24H25N5O4. The highest BCUT2D eigenvalue weighted by Crippen LogP contribution is 2.29. The first-order valence-corrected chi connectivity index (χ1v) is 10.3. The molecule has 0 aliphatic carbocycles. The Balaban J connectivity index is 1.72. The fourth-order valence-corrected chi connectivity index (χ4v) is 3.13. The highest BCUT2D eigenvalue weighted by molar-refractivity contribution is 6.05. The molecule has 1 unspecified atom stereocenters. The Labute approximate surface area is 191 Å². The maximum atomic E-state index is 12.7. The summed E-state index contributed by atoms with van der Waals surface area (Å²) in [5, 5.41) is 17.4. The van der Waals surface area contributed by atoms with Crippen LogP contribution in [0.1, 0.15) is 34.6 Å². The van der Waals surface area contributed by atoms with E-state index >= 15 is 0 Å². The molecule has 0 radical (unpaired) electrons. The Kier molecular flexibility index (Phi) is 7.34. The highest BCUT2D eigenvalue weighted by Gasteiger charge is 2.20. The van der Waals surface area contributed by atoms with Gasteiger partial charge in [0.25, 0.3) is 11.6 Å². The molecule has 1 aromatic heterocycles. The van der Waals surface area contributed by atoms with E-state index in [1.54, 1.807) is 50.6 Å². The van der Waals surface area contributed by atoms with Crippen LogP contribution < -0.4 is 10.6 Å². The minimum atomic E-state index is -0.527. The predicted octanol–water partition coefficient (Wildman–Crippen LogP) is 4.05. The molecule has 0 saturated heterocycles. The van der Waals surface area contributed by atoms with Gasteiger partial charge in [0.15, 0.2) is 0 Å². The number of aromatic nitrogens is 1. The summed E-state index contributed by atoms with van der Waals surface area (Å²) in [6, 6.07) is 16.4. The first-order chi connectivity index (χ1) is 15.7. The van der Waals surface area contributed by atoms with Gasteiger partial charge in [0.05, 0.1) is 23.1 Å². The molecule has 0 aliphatic heterocycles. The van der Waals surface area contributed by atoms with Crippen molar-refractivity contribution in [2.45, 2.75) is 19.4 Å². The van der Waals surface area contributed by atoms with Crippen molar-refractivity contribution in [3.05, 3.63) is 93.8 Å². The van der Waals surface area contributed by atoms with E-state index in [1.807, 2.05) is 19.1 Å². The van der Waals surface area contributed by atoms with Gasteiger partial charge in [0.2, 0.25) is 5.91 Å². The zero-order valence-corrected chi connectivity index (χ0v) is 18.6. The van der Waals surface area contributed by atoms with E-state index in [1.165, 1.54) is 23.1 Å². The third-order valence-corrected chi connectivity index (χ3v) is 5.03. The molecule has 33 heavy (non-hydrogen) atoms. The van der Waals surface area contributed by atoms with Crippen molar-refractivity contribution in [2.75, 3.05) is 24.7 Å². The number of likely N-dealkylation sites (N-methyl/N-ethyl adjacent to an activating group) is 1. The molecule has 9 nitrogen and oxygen atoms in total. The second-order valence-corrected chi connectivity index (χ2v) is 7.73. The second kappa shape index (κ2) is 10.4. The van der Waals surface area contributed by atoms with Gasteiger partial charge in [0, 0.05) is 37.6 Å². The first kappa shape index (κ1) is 23.4. The van der Waals surface area contributed by atoms with Crippen LogP contribution in [0.15, 0.2) is 66.9 Å². The molecule has 2 amide bonds. The quantitative estimate of drug-likeness (QED) is 0.397. The number of benzene rings is 2. The summed E-state index contributed by atoms with van der Waals surface area (Å²) in [6.45, 7) is 1.85. The number of rotatable bonds is 8. The van der Waals surface area contributed by atoms with Crippen LogP contribution in [0.4, 0.5) is 17.1 Å². The van der Waals surface area contributed by atoms with Crippen LogP contribution in [-0.2, 0) is 11.2 Å². The fraction of sp³-hybridized carbons (Fsp3) is 0.208. The largest absolute Gasteiger partial charge is 0.371 e. The van der Waals surface area contributed by atoms with Crippen molar-refractivity contribution in [1.29, 1.82) is 0 Å². The van der Waals surface area contributed by atoms with E-state index in [-0.39, 0.29) is 29.6 Å². The topological polar surface area (TPSA) is 117 Å². The maximum Gasteiger partial charge on any atom is 0.293 e. The number of nitro groups is 1. The van der Waals surface area contributed by atoms with Crippen LogP contribution in [0.3, 0.4) is 0 Å². The molecule has 0 saturated carbocycles. The molecule has 1 atom stereocenters. The van der Waals surface area contributed by atoms with Crippen LogP contribution in [-0.4, -0.2) is 40.7 Å². The Bertz CT molecular complexity index is 1150. The van der Waals surface area contributed by atoms with E-state index in [9.17, 15) is 19.7 Å². The Morgan fingerprint density at radius 3 is 2.42 bits per heavy atom. The van der Waals surface area contributed by atoms with Crippen molar-refractivity contribution >= 4 is 28.9 Å². The van der Waals surface area contributed by atoms with E-state index in [4.69, 9.17) is 0 Å². The zero-order valence-electron chi connectivity index (χ0n) is 18.6. The van der Waals surface area contributed by atoms with Crippen molar-refractivity contribution in [1.82, 2.24) is 9.88 Å². The number of carbonyl (C=O) groups is 2. The predicted molar refractivity (Wildman–Crippen MR) is 126 cm³/mol. The Morgan fingerprint density at radius 2 is 1.82 bits per heavy atom. The van der Waals surface area contributed by atoms with Gasteiger partial charge in [-0.15, -0.1) is 0 Å². The number of nitrogens with one attached hydrogen (secondary N) is 2. The van der Waals surface area contributed by atoms with Crippen molar-refractivity contribution in [2.24, 2.45) is 0 Å². The van der Waals surface area contributed by atoms with Crippen LogP contribution in [0.2, 0.25) is 0 Å². The lowest BCUT2D eigenvalue weighted by atomic mass is 10.1. The van der Waals surface area contributed by atoms with Gasteiger partial charge in [0.1, 0.15) is 5.69 Å². The number of carbonyl (C=O) groups excluding carboxylic acids is 2. The summed E-state index contributed by atoms with van der Waals surface area (Å²) < 4.78 is 0. The Hall–Kier alpha value is -4.27. The molecule has 0 bridgehead atoms. The lowest BCUT2D eigenvalue weighted by molar-refractivity contribution is -0.384. The molecule has 170 valence electrons. The van der Waals surface area contributed by atoms with Gasteiger partial charge in [-0.25, -0.2) is 0 Å². The molecule has 3 aromatic rings. The Morgan fingerprint density at radius 1 is 1.09 bits per heavy atom. The molecule has 9 heteroatoms. The summed E-state index contributed by atoms with van der Waals surface area (Å²) in [4.78, 5) is 41.4. The van der Waals surface area contributed by atoms with Gasteiger partial charge < -0.3 is 15.5 Å². The second-order valence-electron chi connectivity index (χ2n) is 7.73. The summed E-state index contributed by atoms with van der Waals surface area (Å²) in [7, 11) is 3.38. The lowest BCUT2D eigenvalue weighted by Gasteiger charge is -2.15. The summed E-state index contributed by atoms with van der Waals surface area (Å²) in [6.07, 6.45) is 1.92. The molecule has 0 spiro atoms. The van der Waals surface area contributed by atoms with Crippen molar-refractivity contribution < 1.29 is 14.5 Å². The molecule has 3 rings (SSSR count). The van der Waals surface area contributed by atoms with Crippen LogP contribution in [0, 0.1) is 10.1 Å². The molecular weight excluding hydrogens is 422 g/mol. The molecule has 1 heterocycles. The SMILES string of the molecule is CC(Nc1ccc(C(=O)Nc2ccc(CC(=O)N(C)C)cc2)cc1[N+](=O)[O-])c1ccccn1. The van der Waals surface area contributed by atoms with E-state index in [0.29, 0.717) is 11.4 Å². The standard InChI is InChI=1S/C24H25N5O4/c1-16(20-6-4-5-13-25-20)26-21-12-9-18(15-22(21)29(32)33)24(31)27-19-10-7-17(8-11-19)14-23(30)28(2)3/h4-13,15-16,26H,14H2,1-3H3,(H,27,31). The maximum absolute atomic E-state index is 12.7. The fourth-order valence-electron chi connectivity index (χ4n) is 3.13. The molecule has 0 aliphatic rings. The van der Waals surface area contributed by atoms with Crippen LogP contribution in [0.25, 0.3) is 0 Å². The number of hydrogen-bond acceptors (Lipinski definition) is 6. The van der Waals surface area contributed by atoms with Crippen molar-refractivity contribution in [3.63, 3.8) is 0 Å². The number of nitrogens with zero attached hydrogens (tertiary/aromatic N) is 3. The van der Waals surface area contributed by atoms with E-state index < -0.39 is 10.8 Å². The average molecular weight is 447 g/mol. The van der Waals surface area contributed by atoms with Crippen molar-refractivity contribution in [3.8, 4) is 0 Å². The van der Waals surface area contributed by atoms with Gasteiger partial charge in [-0.05, 0) is 48.9 Å². The average Bonchev–Trinajstić information content (AvgIpc) is 2.80. The lowest BCUT2D eigenvalue weighted by Crippen LogP contribution is -2.23. The summed E-state index contributed by atoms with van der Waals surface area (Å²) in [5.41, 5.74) is 2.33. The third-order valence-electron chi connectivity index (χ3n) is 5.03.